The first-order chi connectivity index (χ1) is 13.4. The lowest BCUT2D eigenvalue weighted by molar-refractivity contribution is 0.518. The molecule has 0 unspecified atom stereocenters. The van der Waals surface area contributed by atoms with Gasteiger partial charge in [0.25, 0.3) is 9.03 Å². The van der Waals surface area contributed by atoms with Gasteiger partial charge < -0.3 is 9.05 Å². The van der Waals surface area contributed by atoms with Gasteiger partial charge in [-0.2, -0.15) is 0 Å². The van der Waals surface area contributed by atoms with Crippen LogP contribution in [0, 0.1) is 0 Å². The molecule has 0 aliphatic rings. The summed E-state index contributed by atoms with van der Waals surface area (Å²) in [5, 5.41) is 0. The third-order valence-electron chi connectivity index (χ3n) is 4.25. The van der Waals surface area contributed by atoms with E-state index >= 15 is 0 Å². The molecule has 0 fully saturated rings. The maximum Gasteiger partial charge on any atom is 0.275 e. The lowest BCUT2D eigenvalue weighted by Crippen LogP contribution is -1.90. The third kappa shape index (κ3) is 4.19. The van der Waals surface area contributed by atoms with Crippen molar-refractivity contribution < 1.29 is 9.05 Å². The highest BCUT2D eigenvalue weighted by Gasteiger charge is 2.08. The average Bonchev–Trinajstić information content (AvgIpc) is 2.76. The van der Waals surface area contributed by atoms with Gasteiger partial charge in [0, 0.05) is 11.1 Å². The first-order valence-corrected chi connectivity index (χ1v) is 9.61. The molecule has 0 aromatic heterocycles. The van der Waals surface area contributed by atoms with Crippen molar-refractivity contribution >= 4 is 9.03 Å². The zero-order chi connectivity index (χ0) is 18.3. The second-order valence-corrected chi connectivity index (χ2v) is 6.59. The van der Waals surface area contributed by atoms with Gasteiger partial charge >= 0.3 is 0 Å². The molecular weight excluding hydrogens is 351 g/mol. The fourth-order valence-corrected chi connectivity index (χ4v) is 3.51. The molecule has 27 heavy (non-hydrogen) atoms. The van der Waals surface area contributed by atoms with Crippen molar-refractivity contribution in [3.05, 3.63) is 109 Å². The molecule has 0 saturated carbocycles. The second kappa shape index (κ2) is 8.53. The van der Waals surface area contributed by atoms with Gasteiger partial charge in [-0.3, -0.25) is 0 Å². The number of rotatable bonds is 6. The topological polar surface area (TPSA) is 18.5 Å². The van der Waals surface area contributed by atoms with Crippen molar-refractivity contribution in [3.63, 3.8) is 0 Å². The van der Waals surface area contributed by atoms with E-state index in [4.69, 9.17) is 9.05 Å². The molecule has 4 rings (SSSR count). The molecule has 0 atom stereocenters. The first-order valence-electron chi connectivity index (χ1n) is 8.79. The van der Waals surface area contributed by atoms with E-state index in [0.717, 1.165) is 33.8 Å². The monoisotopic (exact) mass is 370 g/mol. The Morgan fingerprint density at radius 1 is 0.407 bits per heavy atom. The minimum Gasteiger partial charge on any atom is -0.440 e. The zero-order valence-corrected chi connectivity index (χ0v) is 15.7. The molecule has 132 valence electrons. The Morgan fingerprint density at radius 3 is 1.22 bits per heavy atom. The molecule has 4 aromatic rings. The number of hydrogen-bond donors (Lipinski definition) is 0. The van der Waals surface area contributed by atoms with Gasteiger partial charge in [-0.25, -0.2) is 0 Å². The Bertz CT molecular complexity index is 918. The van der Waals surface area contributed by atoms with E-state index in [9.17, 15) is 0 Å². The van der Waals surface area contributed by atoms with E-state index in [2.05, 4.69) is 36.4 Å². The summed E-state index contributed by atoms with van der Waals surface area (Å²) in [7, 11) is -0.130. The van der Waals surface area contributed by atoms with Crippen LogP contribution in [0.25, 0.3) is 22.3 Å². The van der Waals surface area contributed by atoms with Crippen LogP contribution in [0.4, 0.5) is 0 Å². The molecule has 2 nitrogen and oxygen atoms in total. The Morgan fingerprint density at radius 2 is 0.778 bits per heavy atom. The normalized spacial score (nSPS) is 10.4. The fourth-order valence-electron chi connectivity index (χ4n) is 2.93. The number of para-hydroxylation sites is 2. The number of benzene rings is 4. The lowest BCUT2D eigenvalue weighted by Gasteiger charge is -2.13. The van der Waals surface area contributed by atoms with Crippen molar-refractivity contribution in [3.8, 4) is 33.8 Å². The predicted octanol–water partition coefficient (Wildman–Crippen LogP) is 6.99. The first kappa shape index (κ1) is 17.3. The maximum atomic E-state index is 5.99. The molecule has 0 bridgehead atoms. The standard InChI is InChI=1S/C24H19O2P/c1-3-11-19(12-4-1)21-15-7-9-17-23(21)25-27-26-24-18-10-8-16-22(24)20-13-5-2-6-14-20/h1-18,27H. The Hall–Kier alpha value is -3.09. The van der Waals surface area contributed by atoms with Crippen LogP contribution in [0.3, 0.4) is 0 Å². The summed E-state index contributed by atoms with van der Waals surface area (Å²) >= 11 is 0. The van der Waals surface area contributed by atoms with E-state index < -0.39 is 0 Å². The highest BCUT2D eigenvalue weighted by Crippen LogP contribution is 2.37. The predicted molar refractivity (Wildman–Crippen MR) is 113 cm³/mol. The number of hydrogen-bond acceptors (Lipinski definition) is 2. The van der Waals surface area contributed by atoms with Crippen LogP contribution in [-0.2, 0) is 0 Å². The Balaban J connectivity index is 1.51. The van der Waals surface area contributed by atoms with E-state index in [0.29, 0.717) is 0 Å². The van der Waals surface area contributed by atoms with E-state index in [1.54, 1.807) is 0 Å². The average molecular weight is 370 g/mol. The van der Waals surface area contributed by atoms with Gasteiger partial charge in [-0.05, 0) is 23.3 Å². The molecule has 0 radical (unpaired) electrons. The van der Waals surface area contributed by atoms with Crippen molar-refractivity contribution in [2.45, 2.75) is 0 Å². The minimum atomic E-state index is -0.130. The van der Waals surface area contributed by atoms with Crippen molar-refractivity contribution in [1.29, 1.82) is 0 Å². The van der Waals surface area contributed by atoms with Gasteiger partial charge in [0.2, 0.25) is 0 Å². The summed E-state index contributed by atoms with van der Waals surface area (Å²) in [6.07, 6.45) is 0. The van der Waals surface area contributed by atoms with Gasteiger partial charge in [-0.15, -0.1) is 0 Å². The van der Waals surface area contributed by atoms with Crippen molar-refractivity contribution in [2.75, 3.05) is 0 Å². The molecular formula is C24H19O2P. The third-order valence-corrected chi connectivity index (χ3v) is 4.85. The maximum absolute atomic E-state index is 5.99. The summed E-state index contributed by atoms with van der Waals surface area (Å²) < 4.78 is 12.0. The van der Waals surface area contributed by atoms with Crippen LogP contribution in [-0.4, -0.2) is 0 Å². The summed E-state index contributed by atoms with van der Waals surface area (Å²) in [4.78, 5) is 0. The SMILES string of the molecule is c1ccc(-c2ccccc2OPOc2ccccc2-c2ccccc2)cc1. The van der Waals surface area contributed by atoms with E-state index in [1.165, 1.54) is 0 Å². The van der Waals surface area contributed by atoms with Crippen LogP contribution in [0.2, 0.25) is 0 Å². The summed E-state index contributed by atoms with van der Waals surface area (Å²) in [5.74, 6) is 1.64. The molecule has 3 heteroatoms. The molecule has 0 N–H and O–H groups in total. The van der Waals surface area contributed by atoms with Crippen LogP contribution in [0.5, 0.6) is 11.5 Å². The minimum absolute atomic E-state index is 0.130. The molecule has 0 amide bonds. The molecule has 0 saturated heterocycles. The quantitative estimate of drug-likeness (QED) is 0.341. The fraction of sp³-hybridized carbons (Fsp3) is 0. The molecule has 0 aliphatic heterocycles. The van der Waals surface area contributed by atoms with E-state index in [1.807, 2.05) is 72.8 Å². The Kier molecular flexibility index (Phi) is 5.47. The van der Waals surface area contributed by atoms with Crippen LogP contribution >= 0.6 is 9.03 Å². The largest absolute Gasteiger partial charge is 0.440 e. The van der Waals surface area contributed by atoms with Crippen molar-refractivity contribution in [1.82, 2.24) is 0 Å². The molecule has 0 spiro atoms. The highest BCUT2D eigenvalue weighted by atomic mass is 31.1. The summed E-state index contributed by atoms with van der Waals surface area (Å²) in [6.45, 7) is 0. The van der Waals surface area contributed by atoms with Gasteiger partial charge in [0.15, 0.2) is 0 Å². The van der Waals surface area contributed by atoms with E-state index in [-0.39, 0.29) is 9.03 Å². The van der Waals surface area contributed by atoms with Gasteiger partial charge in [-0.1, -0.05) is 97.1 Å². The zero-order valence-electron chi connectivity index (χ0n) is 14.7. The smallest absolute Gasteiger partial charge is 0.275 e. The summed E-state index contributed by atoms with van der Waals surface area (Å²) in [6, 6.07) is 36.5. The summed E-state index contributed by atoms with van der Waals surface area (Å²) in [5.41, 5.74) is 4.38. The molecule has 4 aromatic carbocycles. The van der Waals surface area contributed by atoms with Crippen molar-refractivity contribution in [2.24, 2.45) is 0 Å². The van der Waals surface area contributed by atoms with Crippen LogP contribution < -0.4 is 9.05 Å². The second-order valence-electron chi connectivity index (χ2n) is 6.01. The van der Waals surface area contributed by atoms with Crippen LogP contribution in [0.1, 0.15) is 0 Å². The molecule has 0 aliphatic carbocycles. The Labute approximate surface area is 161 Å². The van der Waals surface area contributed by atoms with Crippen LogP contribution in [0.15, 0.2) is 109 Å². The molecule has 0 heterocycles. The van der Waals surface area contributed by atoms with Gasteiger partial charge in [0.05, 0.1) is 0 Å². The van der Waals surface area contributed by atoms with Gasteiger partial charge in [0.1, 0.15) is 11.5 Å². The lowest BCUT2D eigenvalue weighted by atomic mass is 10.1. The highest BCUT2D eigenvalue weighted by molar-refractivity contribution is 7.27.